The van der Waals surface area contributed by atoms with Crippen LogP contribution in [0.4, 0.5) is 18.0 Å². The maximum Gasteiger partial charge on any atom is 0.416 e. The maximum atomic E-state index is 14.2. The van der Waals surface area contributed by atoms with Gasteiger partial charge in [0.25, 0.3) is 0 Å². The van der Waals surface area contributed by atoms with Crippen LogP contribution in [0.15, 0.2) is 76.6 Å². The summed E-state index contributed by atoms with van der Waals surface area (Å²) in [5, 5.41) is 22.2. The van der Waals surface area contributed by atoms with Gasteiger partial charge in [0.1, 0.15) is 5.69 Å². The topological polar surface area (TPSA) is 193 Å². The summed E-state index contributed by atoms with van der Waals surface area (Å²) in [4.78, 5) is 28.4. The lowest BCUT2D eigenvalue weighted by atomic mass is 9.81. The Labute approximate surface area is 310 Å². The molecule has 16 heteroatoms. The van der Waals surface area contributed by atoms with E-state index in [2.05, 4.69) is 16.5 Å². The number of carbonyl (C=O) groups excluding carboxylic acids is 1. The molecule has 0 saturated heterocycles. The molecule has 0 radical (unpaired) electrons. The highest BCUT2D eigenvalue weighted by Gasteiger charge is 2.33. The zero-order valence-corrected chi connectivity index (χ0v) is 31.1. The Kier molecular flexibility index (Phi) is 11.1. The van der Waals surface area contributed by atoms with Gasteiger partial charge in [0.2, 0.25) is 10.0 Å². The average molecular weight is 763 g/mol. The molecule has 284 valence electrons. The molecule has 5 aromatic rings. The van der Waals surface area contributed by atoms with Gasteiger partial charge >= 0.3 is 17.9 Å². The van der Waals surface area contributed by atoms with E-state index in [0.29, 0.717) is 41.8 Å². The highest BCUT2D eigenvalue weighted by Crippen LogP contribution is 2.34. The lowest BCUT2D eigenvalue weighted by molar-refractivity contribution is -0.137. The summed E-state index contributed by atoms with van der Waals surface area (Å²) in [5.41, 5.74) is 3.19. The predicted molar refractivity (Wildman–Crippen MR) is 197 cm³/mol. The van der Waals surface area contributed by atoms with Gasteiger partial charge in [-0.25, -0.2) is 32.4 Å². The van der Waals surface area contributed by atoms with E-state index in [1.807, 2.05) is 13.8 Å². The van der Waals surface area contributed by atoms with E-state index >= 15 is 0 Å². The number of benzene rings is 3. The van der Waals surface area contributed by atoms with E-state index in [1.54, 1.807) is 50.2 Å². The number of nitrogens with one attached hydrogen (secondary N) is 1. The van der Waals surface area contributed by atoms with Crippen molar-refractivity contribution >= 4 is 16.1 Å². The molecular formula is C38H41F3N8O4S. The molecule has 1 fully saturated rings. The minimum atomic E-state index is -4.66. The van der Waals surface area contributed by atoms with Gasteiger partial charge in [0.15, 0.2) is 0 Å². The number of hydrogen-bond donors (Lipinski definition) is 3. The molecule has 0 aliphatic heterocycles. The first-order valence-electron chi connectivity index (χ1n) is 17.0. The number of hydrogen-bond acceptors (Lipinski definition) is 7. The number of primary sulfonamides is 1. The van der Waals surface area contributed by atoms with Crippen LogP contribution in [0.25, 0.3) is 22.8 Å². The highest BCUT2D eigenvalue weighted by molar-refractivity contribution is 7.89. The second kappa shape index (κ2) is 15.1. The number of alkyl halides is 3. The molecule has 54 heavy (non-hydrogen) atoms. The Hall–Kier alpha value is -5.50. The standard InChI is InChI=1S/C38H38F3N7O4S.H3N/c1-22-23(2)28(19-34(24(22)3)53(43,51)52)18-26-8-12-30(13-9-26)45-36(49)47-35(33-16-17-44-48(33)31-14-10-27(21-42)11-15-31)25(4)46(37(47)50)32-7-5-6-29(20-32)38(39,40)41;/h5-7,10-11,14-17,19-20,26,30H,8-9,12-13,18H2,1-4H3,(H,45,49)(H2,43,51,52);1H3/t26-,30-;. The van der Waals surface area contributed by atoms with Gasteiger partial charge in [-0.1, -0.05) is 6.07 Å². The minimum absolute atomic E-state index is 0. The summed E-state index contributed by atoms with van der Waals surface area (Å²) in [5.74, 6) is 0.210. The molecule has 12 nitrogen and oxygen atoms in total. The number of amides is 1. The molecule has 0 bridgehead atoms. The van der Waals surface area contributed by atoms with Crippen molar-refractivity contribution in [3.05, 3.63) is 116 Å². The molecule has 3 aromatic carbocycles. The van der Waals surface area contributed by atoms with Gasteiger partial charge in [0.05, 0.1) is 51.1 Å². The van der Waals surface area contributed by atoms with Crippen LogP contribution in [0.1, 0.15) is 64.8 Å². The van der Waals surface area contributed by atoms with Gasteiger partial charge in [-0.15, -0.1) is 0 Å². The zero-order chi connectivity index (χ0) is 38.4. The molecule has 2 heterocycles. The second-order valence-corrected chi connectivity index (χ2v) is 15.1. The first-order valence-corrected chi connectivity index (χ1v) is 18.5. The number of halogens is 3. The van der Waals surface area contributed by atoms with E-state index < -0.39 is 33.5 Å². The second-order valence-electron chi connectivity index (χ2n) is 13.5. The lowest BCUT2D eigenvalue weighted by Gasteiger charge is -2.30. The van der Waals surface area contributed by atoms with E-state index in [9.17, 15) is 36.4 Å². The molecule has 0 spiro atoms. The minimum Gasteiger partial charge on any atom is -0.344 e. The highest BCUT2D eigenvalue weighted by atomic mass is 32.2. The van der Waals surface area contributed by atoms with Crippen LogP contribution in [-0.4, -0.2) is 39.4 Å². The van der Waals surface area contributed by atoms with Crippen LogP contribution in [0.2, 0.25) is 0 Å². The molecule has 2 aromatic heterocycles. The third-order valence-electron chi connectivity index (χ3n) is 10.3. The number of nitrogens with zero attached hydrogens (tertiary/aromatic N) is 5. The van der Waals surface area contributed by atoms with Gasteiger partial charge in [-0.2, -0.15) is 23.5 Å². The van der Waals surface area contributed by atoms with Crippen molar-refractivity contribution in [3.8, 4) is 28.8 Å². The Morgan fingerprint density at radius 3 is 2.24 bits per heavy atom. The number of nitriles is 1. The monoisotopic (exact) mass is 762 g/mol. The molecule has 0 atom stereocenters. The van der Waals surface area contributed by atoms with Gasteiger partial charge in [0, 0.05) is 6.04 Å². The number of sulfonamides is 1. The Balaban J connectivity index is 0.00000561. The van der Waals surface area contributed by atoms with Crippen LogP contribution < -0.4 is 22.3 Å². The maximum absolute atomic E-state index is 14.2. The molecular weight excluding hydrogens is 722 g/mol. The Morgan fingerprint density at radius 1 is 0.963 bits per heavy atom. The van der Waals surface area contributed by atoms with E-state index in [1.165, 1.54) is 23.0 Å². The number of carbonyl (C=O) groups is 1. The Bertz CT molecular complexity index is 2430. The molecule has 1 aliphatic rings. The van der Waals surface area contributed by atoms with Crippen LogP contribution >= 0.6 is 0 Å². The molecule has 6 N–H and O–H groups in total. The first kappa shape index (κ1) is 39.7. The van der Waals surface area contributed by atoms with Crippen molar-refractivity contribution in [1.29, 1.82) is 5.26 Å². The molecule has 6 rings (SSSR count). The summed E-state index contributed by atoms with van der Waals surface area (Å²) in [7, 11) is -3.90. The fraction of sp³-hybridized carbons (Fsp3) is 0.316. The van der Waals surface area contributed by atoms with Crippen molar-refractivity contribution < 1.29 is 26.4 Å². The van der Waals surface area contributed by atoms with Crippen molar-refractivity contribution in [3.63, 3.8) is 0 Å². The molecule has 1 amide bonds. The third kappa shape index (κ3) is 7.61. The third-order valence-corrected chi connectivity index (χ3v) is 11.4. The van der Waals surface area contributed by atoms with Crippen molar-refractivity contribution in [2.75, 3.05) is 0 Å². The molecule has 0 unspecified atom stereocenters. The van der Waals surface area contributed by atoms with E-state index in [4.69, 9.17) is 5.14 Å². The number of aromatic nitrogens is 4. The van der Waals surface area contributed by atoms with Gasteiger partial charge < -0.3 is 11.5 Å². The number of rotatable bonds is 7. The average Bonchev–Trinajstić information content (AvgIpc) is 3.69. The van der Waals surface area contributed by atoms with Crippen molar-refractivity contribution in [1.82, 2.24) is 30.4 Å². The fourth-order valence-electron chi connectivity index (χ4n) is 7.24. The number of imidazole rings is 1. The zero-order valence-electron chi connectivity index (χ0n) is 30.2. The van der Waals surface area contributed by atoms with Crippen LogP contribution in [-0.2, 0) is 22.6 Å². The quantitative estimate of drug-likeness (QED) is 0.163. The smallest absolute Gasteiger partial charge is 0.344 e. The summed E-state index contributed by atoms with van der Waals surface area (Å²) in [6.45, 7) is 7.14. The SMILES string of the molecule is Cc1c(C[C@H]2CC[C@H](NC(=O)n3c(-c4ccnn4-c4ccc(C#N)cc4)c(C)n(-c4cccc(C(F)(F)F)c4)c3=O)CC2)cc(S(N)(=O)=O)c(C)c1C.N. The summed E-state index contributed by atoms with van der Waals surface area (Å²) in [6, 6.07) is 15.1. The summed E-state index contributed by atoms with van der Waals surface area (Å²) >= 11 is 0. The largest absolute Gasteiger partial charge is 0.416 e. The molecule has 1 saturated carbocycles. The van der Waals surface area contributed by atoms with Crippen molar-refractivity contribution in [2.45, 2.75) is 76.9 Å². The Morgan fingerprint density at radius 2 is 1.63 bits per heavy atom. The lowest BCUT2D eigenvalue weighted by Crippen LogP contribution is -2.44. The van der Waals surface area contributed by atoms with Crippen molar-refractivity contribution in [2.24, 2.45) is 11.1 Å². The van der Waals surface area contributed by atoms with Gasteiger partial charge in [-0.3, -0.25) is 4.57 Å². The van der Waals surface area contributed by atoms with Crippen LogP contribution in [0, 0.1) is 44.9 Å². The van der Waals surface area contributed by atoms with Crippen LogP contribution in [0.5, 0.6) is 0 Å². The normalized spacial score (nSPS) is 16.1. The number of nitrogens with two attached hydrogens (primary N) is 1. The van der Waals surface area contributed by atoms with E-state index in [-0.39, 0.29) is 40.1 Å². The fourth-order valence-corrected chi connectivity index (χ4v) is 8.12. The summed E-state index contributed by atoms with van der Waals surface area (Å²) < 4.78 is 69.2. The predicted octanol–water partition coefficient (Wildman–Crippen LogP) is 6.78. The summed E-state index contributed by atoms with van der Waals surface area (Å²) in [6.07, 6.45) is 0.0689. The van der Waals surface area contributed by atoms with Gasteiger partial charge in [-0.05, 0) is 143 Å². The van der Waals surface area contributed by atoms with Crippen LogP contribution in [0.3, 0.4) is 0 Å². The van der Waals surface area contributed by atoms with E-state index in [0.717, 1.165) is 50.8 Å². The first-order chi connectivity index (χ1) is 25.0. The molecule has 1 aliphatic carbocycles.